The molecule has 2 bridgehead atoms. The van der Waals surface area contributed by atoms with Gasteiger partial charge >= 0.3 is 5.97 Å². The third-order valence-electron chi connectivity index (χ3n) is 12.4. The van der Waals surface area contributed by atoms with E-state index in [-0.39, 0.29) is 5.41 Å². The Hall–Kier alpha value is -2.85. The summed E-state index contributed by atoms with van der Waals surface area (Å²) in [5, 5.41) is 32.3. The van der Waals surface area contributed by atoms with Crippen molar-refractivity contribution in [3.8, 4) is 5.75 Å². The van der Waals surface area contributed by atoms with Crippen molar-refractivity contribution in [2.45, 2.75) is 133 Å². The summed E-state index contributed by atoms with van der Waals surface area (Å²) in [4.78, 5) is 13.2. The lowest BCUT2D eigenvalue weighted by Crippen LogP contribution is -2.50. The zero-order valence-electron chi connectivity index (χ0n) is 27.8. The van der Waals surface area contributed by atoms with E-state index < -0.39 is 23.4 Å². The summed E-state index contributed by atoms with van der Waals surface area (Å²) in [6.07, 6.45) is 27.8. The van der Waals surface area contributed by atoms with Gasteiger partial charge in [-0.05, 0) is 129 Å². The number of unbranched alkanes of at least 4 members (excludes halogenated alkanes) is 3. The largest absolute Gasteiger partial charge is 0.508 e. The standard InChI is InChI=1S/C42H56O4/c43-36-22-20-34(21-23-36)38-27-32-15-11-18-35(26-32)42(29-37(44)28-41(30-42)24-9-10-25-41)39(40(45)46)19-8-7-17-33(38)16-4-2-1-3-12-31-13-5-6-14-31/h5,7-8,11,13,15,18,20-23,26,31,33,37-39,43-44H,1-4,6,9-10,12,14,16-17,19,24-25,27-30H2,(H,45,46)/b8-7+/t31-,33+,37-,38-,39-,42+/m1/s1. The molecule has 4 aliphatic carbocycles. The van der Waals surface area contributed by atoms with Gasteiger partial charge in [-0.1, -0.05) is 99.2 Å². The number of hydrogen-bond donors (Lipinski definition) is 3. The van der Waals surface area contributed by atoms with Crippen molar-refractivity contribution in [2.24, 2.45) is 23.2 Å². The van der Waals surface area contributed by atoms with Crippen LogP contribution in [0.25, 0.3) is 0 Å². The number of aliphatic hydroxyl groups is 1. The summed E-state index contributed by atoms with van der Waals surface area (Å²) in [6.45, 7) is 0. The summed E-state index contributed by atoms with van der Waals surface area (Å²) in [5.41, 5.74) is 3.07. The number of phenolic OH excluding ortho intramolecular Hbond substituents is 1. The Bertz CT molecular complexity index is 1350. The van der Waals surface area contributed by atoms with Crippen molar-refractivity contribution >= 4 is 5.97 Å². The van der Waals surface area contributed by atoms with Crippen LogP contribution in [0.5, 0.6) is 5.75 Å². The Morgan fingerprint density at radius 3 is 2.37 bits per heavy atom. The maximum atomic E-state index is 13.2. The lowest BCUT2D eigenvalue weighted by Gasteiger charge is -2.51. The van der Waals surface area contributed by atoms with Crippen molar-refractivity contribution in [3.63, 3.8) is 0 Å². The molecule has 0 aliphatic heterocycles. The molecule has 6 atom stereocenters. The highest BCUT2D eigenvalue weighted by Crippen LogP contribution is 2.59. The average Bonchev–Trinajstić information content (AvgIpc) is 3.72. The lowest BCUT2D eigenvalue weighted by atomic mass is 9.53. The molecule has 46 heavy (non-hydrogen) atoms. The molecule has 6 rings (SSSR count). The normalized spacial score (nSPS) is 31.5. The summed E-state index contributed by atoms with van der Waals surface area (Å²) < 4.78 is 0. The van der Waals surface area contributed by atoms with Crippen molar-refractivity contribution in [3.05, 3.63) is 89.5 Å². The maximum absolute atomic E-state index is 13.2. The highest BCUT2D eigenvalue weighted by Gasteiger charge is 2.54. The summed E-state index contributed by atoms with van der Waals surface area (Å²) in [5.74, 6) is 0.518. The van der Waals surface area contributed by atoms with E-state index in [1.54, 1.807) is 0 Å². The maximum Gasteiger partial charge on any atom is 0.307 e. The molecule has 0 radical (unpaired) electrons. The van der Waals surface area contributed by atoms with Gasteiger partial charge in [0.05, 0.1) is 12.0 Å². The van der Waals surface area contributed by atoms with Gasteiger partial charge in [0.15, 0.2) is 0 Å². The minimum atomic E-state index is -0.735. The number of aliphatic carboxylic acids is 1. The second kappa shape index (κ2) is 14.9. The predicted octanol–water partition coefficient (Wildman–Crippen LogP) is 10.0. The second-order valence-electron chi connectivity index (χ2n) is 15.6. The molecule has 0 heterocycles. The van der Waals surface area contributed by atoms with Crippen LogP contribution in [0.3, 0.4) is 0 Å². The minimum absolute atomic E-state index is 0.0373. The Kier molecular flexibility index (Phi) is 10.7. The molecule has 2 saturated carbocycles. The number of carboxylic acids is 1. The zero-order chi connectivity index (χ0) is 32.0. The predicted molar refractivity (Wildman–Crippen MR) is 186 cm³/mol. The number of carboxylic acid groups (broad SMARTS) is 1. The van der Waals surface area contributed by atoms with Crippen LogP contribution < -0.4 is 0 Å². The third-order valence-corrected chi connectivity index (χ3v) is 12.4. The fourth-order valence-electron chi connectivity index (χ4n) is 10.2. The van der Waals surface area contributed by atoms with Crippen molar-refractivity contribution in [2.75, 3.05) is 0 Å². The van der Waals surface area contributed by atoms with Crippen molar-refractivity contribution < 1.29 is 20.1 Å². The first kappa shape index (κ1) is 33.1. The molecule has 3 N–H and O–H groups in total. The topological polar surface area (TPSA) is 77.8 Å². The van der Waals surface area contributed by atoms with Crippen LogP contribution in [0.2, 0.25) is 0 Å². The smallest absolute Gasteiger partial charge is 0.307 e. The quantitative estimate of drug-likeness (QED) is 0.192. The van der Waals surface area contributed by atoms with Crippen LogP contribution in [0.1, 0.15) is 132 Å². The Morgan fingerprint density at radius 1 is 0.870 bits per heavy atom. The zero-order valence-corrected chi connectivity index (χ0v) is 27.8. The average molecular weight is 625 g/mol. The fraction of sp³-hybridized carbons (Fsp3) is 0.595. The number of benzene rings is 2. The monoisotopic (exact) mass is 624 g/mol. The van der Waals surface area contributed by atoms with E-state index in [1.165, 1.54) is 68.9 Å². The number of aromatic hydroxyl groups is 1. The van der Waals surface area contributed by atoms with E-state index in [0.29, 0.717) is 30.4 Å². The van der Waals surface area contributed by atoms with E-state index >= 15 is 0 Å². The van der Waals surface area contributed by atoms with Gasteiger partial charge in [0.25, 0.3) is 0 Å². The number of aliphatic hydroxyl groups excluding tert-OH is 1. The number of carbonyl (C=O) groups is 1. The van der Waals surface area contributed by atoms with Crippen LogP contribution in [0.4, 0.5) is 0 Å². The summed E-state index contributed by atoms with van der Waals surface area (Å²) in [6, 6.07) is 16.7. The van der Waals surface area contributed by atoms with E-state index in [4.69, 9.17) is 0 Å². The van der Waals surface area contributed by atoms with Gasteiger partial charge < -0.3 is 15.3 Å². The number of hydrogen-bond acceptors (Lipinski definition) is 3. The van der Waals surface area contributed by atoms with E-state index in [0.717, 1.165) is 56.4 Å². The van der Waals surface area contributed by atoms with Gasteiger partial charge in [0, 0.05) is 5.41 Å². The highest BCUT2D eigenvalue weighted by molar-refractivity contribution is 5.73. The van der Waals surface area contributed by atoms with Crippen LogP contribution in [-0.4, -0.2) is 27.4 Å². The van der Waals surface area contributed by atoms with Crippen LogP contribution in [-0.2, 0) is 16.6 Å². The van der Waals surface area contributed by atoms with Gasteiger partial charge in [0.1, 0.15) is 5.75 Å². The lowest BCUT2D eigenvalue weighted by molar-refractivity contribution is -0.147. The van der Waals surface area contributed by atoms with Gasteiger partial charge in [-0.2, -0.15) is 0 Å². The highest BCUT2D eigenvalue weighted by atomic mass is 16.4. The first-order valence-electron chi connectivity index (χ1n) is 18.5. The molecule has 2 aromatic rings. The molecule has 2 spiro atoms. The number of rotatable bonds is 9. The number of allylic oxidation sites excluding steroid dienone is 4. The van der Waals surface area contributed by atoms with Gasteiger partial charge in [0.2, 0.25) is 0 Å². The first-order chi connectivity index (χ1) is 22.4. The molecular formula is C42H56O4. The van der Waals surface area contributed by atoms with Gasteiger partial charge in [-0.3, -0.25) is 4.79 Å². The first-order valence-corrected chi connectivity index (χ1v) is 18.5. The van der Waals surface area contributed by atoms with E-state index in [2.05, 4.69) is 60.7 Å². The fourth-order valence-corrected chi connectivity index (χ4v) is 10.2. The molecule has 4 heteroatoms. The number of phenols is 1. The summed E-state index contributed by atoms with van der Waals surface area (Å²) >= 11 is 0. The molecule has 0 unspecified atom stereocenters. The summed E-state index contributed by atoms with van der Waals surface area (Å²) in [7, 11) is 0. The molecule has 0 aromatic heterocycles. The SMILES string of the molecule is O=C(O)[C@H]1C/C=C/C[C@H](CCCCCC[C@@H]2C=CCC2)[C@H](c2ccc(O)cc2)Cc2cccc(c2)[C@@]12C[C@H](O)CC1(CCCC1)C2. The molecule has 2 aromatic carbocycles. The Morgan fingerprint density at radius 2 is 1.63 bits per heavy atom. The minimum Gasteiger partial charge on any atom is -0.508 e. The third kappa shape index (κ3) is 7.64. The molecule has 0 saturated heterocycles. The van der Waals surface area contributed by atoms with Crippen molar-refractivity contribution in [1.82, 2.24) is 0 Å². The van der Waals surface area contributed by atoms with Crippen LogP contribution in [0.15, 0.2) is 72.8 Å². The van der Waals surface area contributed by atoms with Gasteiger partial charge in [-0.15, -0.1) is 0 Å². The second-order valence-corrected chi connectivity index (χ2v) is 15.6. The number of fused-ring (bicyclic) bond motifs is 3. The Balaban J connectivity index is 1.29. The van der Waals surface area contributed by atoms with Crippen LogP contribution >= 0.6 is 0 Å². The van der Waals surface area contributed by atoms with Crippen LogP contribution in [0, 0.1) is 23.2 Å². The van der Waals surface area contributed by atoms with E-state index in [9.17, 15) is 20.1 Å². The molecule has 0 amide bonds. The molecule has 248 valence electrons. The molecule has 4 nitrogen and oxygen atoms in total. The Labute approximate surface area is 277 Å². The van der Waals surface area contributed by atoms with Gasteiger partial charge in [-0.25, -0.2) is 0 Å². The molecular weight excluding hydrogens is 568 g/mol. The molecule has 4 aliphatic rings. The van der Waals surface area contributed by atoms with Crippen molar-refractivity contribution in [1.29, 1.82) is 0 Å². The molecule has 2 fully saturated rings. The van der Waals surface area contributed by atoms with E-state index in [1.807, 2.05) is 12.1 Å².